The quantitative estimate of drug-likeness (QED) is 0.573. The molecule has 2 heterocycles. The van der Waals surface area contributed by atoms with Crippen molar-refractivity contribution in [1.29, 1.82) is 0 Å². The second-order valence-corrected chi connectivity index (χ2v) is 9.92. The van der Waals surface area contributed by atoms with Crippen molar-refractivity contribution in [3.63, 3.8) is 0 Å². The predicted molar refractivity (Wildman–Crippen MR) is 136 cm³/mol. The van der Waals surface area contributed by atoms with Crippen LogP contribution in [0.5, 0.6) is 0 Å². The first-order valence-electron chi connectivity index (χ1n) is 11.2. The molecule has 2 aliphatic rings. The number of primary amides is 1. The zero-order valence-corrected chi connectivity index (χ0v) is 20.8. The molecule has 6 nitrogen and oxygen atoms in total. The summed E-state index contributed by atoms with van der Waals surface area (Å²) in [7, 11) is 0. The number of amides is 1. The molecule has 2 aromatic carbocycles. The Kier molecular flexibility index (Phi) is 7.92. The maximum atomic E-state index is 11.5. The van der Waals surface area contributed by atoms with Crippen LogP contribution in [-0.4, -0.2) is 55.7 Å². The molecule has 0 aromatic heterocycles. The largest absolute Gasteiger partial charge is 0.377 e. The van der Waals surface area contributed by atoms with Crippen molar-refractivity contribution >= 4 is 52.1 Å². The van der Waals surface area contributed by atoms with Gasteiger partial charge in [-0.25, -0.2) is 0 Å². The van der Waals surface area contributed by atoms with Crippen LogP contribution in [0.3, 0.4) is 0 Å². The first-order chi connectivity index (χ1) is 15.8. The Hall–Kier alpha value is -1.70. The van der Waals surface area contributed by atoms with Crippen molar-refractivity contribution in [2.24, 2.45) is 5.73 Å². The Balaban J connectivity index is 1.39. The summed E-state index contributed by atoms with van der Waals surface area (Å²) in [6.07, 6.45) is 1.54. The number of carbonyl (C=O) groups excluding carboxylic acids is 1. The second kappa shape index (κ2) is 10.7. The number of ether oxygens (including phenoxy) is 1. The van der Waals surface area contributed by atoms with Gasteiger partial charge in [0, 0.05) is 48.0 Å². The molecule has 0 spiro atoms. The summed E-state index contributed by atoms with van der Waals surface area (Å²) >= 11 is 18.9. The molecule has 2 fully saturated rings. The van der Waals surface area contributed by atoms with Crippen molar-refractivity contribution < 1.29 is 9.53 Å². The van der Waals surface area contributed by atoms with Gasteiger partial charge in [0.2, 0.25) is 5.91 Å². The van der Waals surface area contributed by atoms with Crippen molar-refractivity contribution in [2.75, 3.05) is 43.0 Å². The Morgan fingerprint density at radius 1 is 1.09 bits per heavy atom. The normalized spacial score (nSPS) is 21.1. The molecule has 0 radical (unpaired) electrons. The van der Waals surface area contributed by atoms with Crippen LogP contribution in [-0.2, 0) is 9.53 Å². The van der Waals surface area contributed by atoms with Crippen molar-refractivity contribution in [1.82, 2.24) is 4.90 Å². The predicted octanol–water partition coefficient (Wildman–Crippen LogP) is 4.97. The molecule has 1 amide bonds. The number of piperidine rings is 1. The number of benzene rings is 2. The fourth-order valence-corrected chi connectivity index (χ4v) is 5.39. The lowest BCUT2D eigenvalue weighted by Crippen LogP contribution is -2.54. The van der Waals surface area contributed by atoms with E-state index < -0.39 is 6.10 Å². The van der Waals surface area contributed by atoms with E-state index >= 15 is 0 Å². The number of hydrogen-bond acceptors (Lipinski definition) is 5. The third-order valence-corrected chi connectivity index (χ3v) is 7.40. The molecule has 0 aliphatic carbocycles. The van der Waals surface area contributed by atoms with Crippen molar-refractivity contribution in [3.8, 4) is 0 Å². The standard InChI is InChI=1S/C24H29Cl3N4O2/c1-15(19-4-2-16(25)12-21(19)27)29-22-13-18(3-5-20(22)26)30-8-6-17(7-9-30)31-10-11-33-23(14-31)24(28)32/h2-5,12-13,15,17,23,29H,6-11,14H2,1H3,(H2,28,32)/t15-,23?/m1/s1. The highest BCUT2D eigenvalue weighted by atomic mass is 35.5. The van der Waals surface area contributed by atoms with Gasteiger partial charge < -0.3 is 20.7 Å². The Bertz CT molecular complexity index is 998. The second-order valence-electron chi connectivity index (χ2n) is 8.67. The topological polar surface area (TPSA) is 70.8 Å². The van der Waals surface area contributed by atoms with Gasteiger partial charge >= 0.3 is 0 Å². The smallest absolute Gasteiger partial charge is 0.247 e. The van der Waals surface area contributed by atoms with Crippen LogP contribution < -0.4 is 16.0 Å². The van der Waals surface area contributed by atoms with Gasteiger partial charge in [-0.05, 0) is 55.7 Å². The fourth-order valence-electron chi connectivity index (χ4n) is 4.65. The van der Waals surface area contributed by atoms with Gasteiger partial charge in [0.15, 0.2) is 0 Å². The highest BCUT2D eigenvalue weighted by Gasteiger charge is 2.31. The number of carbonyl (C=O) groups is 1. The van der Waals surface area contributed by atoms with E-state index in [0.29, 0.717) is 34.3 Å². The lowest BCUT2D eigenvalue weighted by atomic mass is 10.0. The maximum Gasteiger partial charge on any atom is 0.247 e. The number of morpholine rings is 1. The zero-order valence-electron chi connectivity index (χ0n) is 18.6. The van der Waals surface area contributed by atoms with Crippen molar-refractivity contribution in [3.05, 3.63) is 57.0 Å². The molecule has 2 aromatic rings. The summed E-state index contributed by atoms with van der Waals surface area (Å²) in [5.41, 5.74) is 8.40. The van der Waals surface area contributed by atoms with Crippen LogP contribution >= 0.6 is 34.8 Å². The van der Waals surface area contributed by atoms with Gasteiger partial charge in [-0.1, -0.05) is 40.9 Å². The Labute approximate surface area is 209 Å². The van der Waals surface area contributed by atoms with E-state index in [-0.39, 0.29) is 11.9 Å². The number of nitrogens with two attached hydrogens (primary N) is 1. The molecule has 0 bridgehead atoms. The molecule has 1 unspecified atom stereocenters. The molecule has 2 saturated heterocycles. The van der Waals surface area contributed by atoms with E-state index in [9.17, 15) is 4.79 Å². The summed E-state index contributed by atoms with van der Waals surface area (Å²) in [6, 6.07) is 12.0. The average molecular weight is 512 g/mol. The molecule has 178 valence electrons. The minimum atomic E-state index is -0.502. The Morgan fingerprint density at radius 2 is 1.85 bits per heavy atom. The number of halogens is 3. The first kappa shape index (κ1) is 24.4. The monoisotopic (exact) mass is 510 g/mol. The maximum absolute atomic E-state index is 11.5. The van der Waals surface area contributed by atoms with Gasteiger partial charge in [0.25, 0.3) is 0 Å². The van der Waals surface area contributed by atoms with Crippen LogP contribution in [0.4, 0.5) is 11.4 Å². The van der Waals surface area contributed by atoms with Gasteiger partial charge in [-0.2, -0.15) is 0 Å². The molecular formula is C24H29Cl3N4O2. The number of anilines is 2. The zero-order chi connectivity index (χ0) is 23.5. The van der Waals surface area contributed by atoms with Gasteiger partial charge in [-0.3, -0.25) is 9.69 Å². The SMILES string of the molecule is C[C@@H](Nc1cc(N2CCC(N3CCOC(C(N)=O)C3)CC2)ccc1Cl)c1ccc(Cl)cc1Cl. The molecule has 0 saturated carbocycles. The summed E-state index contributed by atoms with van der Waals surface area (Å²) in [4.78, 5) is 16.2. The minimum Gasteiger partial charge on any atom is -0.377 e. The van der Waals surface area contributed by atoms with E-state index in [2.05, 4.69) is 27.2 Å². The van der Waals surface area contributed by atoms with Crippen LogP contribution in [0.25, 0.3) is 0 Å². The average Bonchev–Trinajstić information content (AvgIpc) is 2.80. The third-order valence-electron chi connectivity index (χ3n) is 6.51. The fraction of sp³-hybridized carbons (Fsp3) is 0.458. The minimum absolute atomic E-state index is 0.0345. The lowest BCUT2D eigenvalue weighted by molar-refractivity contribution is -0.136. The van der Waals surface area contributed by atoms with Gasteiger partial charge in [0.1, 0.15) is 6.10 Å². The highest BCUT2D eigenvalue weighted by molar-refractivity contribution is 6.35. The number of nitrogens with zero attached hydrogens (tertiary/aromatic N) is 2. The summed E-state index contributed by atoms with van der Waals surface area (Å²) in [6.45, 7) is 5.89. The molecule has 33 heavy (non-hydrogen) atoms. The number of hydrogen-bond donors (Lipinski definition) is 2. The molecule has 4 rings (SSSR count). The van der Waals surface area contributed by atoms with E-state index in [4.69, 9.17) is 45.3 Å². The third kappa shape index (κ3) is 5.87. The van der Waals surface area contributed by atoms with Gasteiger partial charge in [0.05, 0.1) is 23.4 Å². The number of rotatable bonds is 6. The van der Waals surface area contributed by atoms with Crippen LogP contribution in [0.2, 0.25) is 15.1 Å². The van der Waals surface area contributed by atoms with Gasteiger partial charge in [-0.15, -0.1) is 0 Å². The van der Waals surface area contributed by atoms with Crippen LogP contribution in [0, 0.1) is 0 Å². The summed E-state index contributed by atoms with van der Waals surface area (Å²) < 4.78 is 5.49. The van der Waals surface area contributed by atoms with E-state index in [0.717, 1.165) is 49.4 Å². The summed E-state index contributed by atoms with van der Waals surface area (Å²) in [5.74, 6) is -0.382. The van der Waals surface area contributed by atoms with Crippen molar-refractivity contribution in [2.45, 2.75) is 38.0 Å². The Morgan fingerprint density at radius 3 is 2.55 bits per heavy atom. The van der Waals surface area contributed by atoms with E-state index in [1.807, 2.05) is 25.1 Å². The van der Waals surface area contributed by atoms with E-state index in [1.165, 1.54) is 0 Å². The lowest BCUT2D eigenvalue weighted by Gasteiger charge is -2.42. The molecule has 3 N–H and O–H groups in total. The highest BCUT2D eigenvalue weighted by Crippen LogP contribution is 2.34. The molecular weight excluding hydrogens is 483 g/mol. The van der Waals surface area contributed by atoms with E-state index in [1.54, 1.807) is 6.07 Å². The summed E-state index contributed by atoms with van der Waals surface area (Å²) in [5, 5.41) is 5.39. The molecule has 2 aliphatic heterocycles. The van der Waals surface area contributed by atoms with Crippen LogP contribution in [0.1, 0.15) is 31.4 Å². The van der Waals surface area contributed by atoms with Crippen LogP contribution in [0.15, 0.2) is 36.4 Å². The molecule has 2 atom stereocenters. The molecule has 9 heteroatoms. The first-order valence-corrected chi connectivity index (χ1v) is 12.4. The number of nitrogens with one attached hydrogen (secondary N) is 1.